The van der Waals surface area contributed by atoms with Gasteiger partial charge in [0.05, 0.1) is 17.7 Å². The van der Waals surface area contributed by atoms with Gasteiger partial charge in [0.15, 0.2) is 29.1 Å². The molecular formula is C23H22N4O3S. The predicted molar refractivity (Wildman–Crippen MR) is 122 cm³/mol. The molecule has 1 N–H and O–H groups in total. The van der Waals surface area contributed by atoms with Crippen LogP contribution in [0.4, 0.5) is 5.13 Å². The first-order valence-electron chi connectivity index (χ1n) is 9.66. The van der Waals surface area contributed by atoms with Crippen LogP contribution in [0.1, 0.15) is 5.56 Å². The summed E-state index contributed by atoms with van der Waals surface area (Å²) in [5.74, 6) is 1.59. The number of hydrogen-bond acceptors (Lipinski definition) is 6. The Kier molecular flexibility index (Phi) is 5.99. The minimum absolute atomic E-state index is 0.155. The van der Waals surface area contributed by atoms with E-state index in [1.165, 1.54) is 11.3 Å². The van der Waals surface area contributed by atoms with Crippen LogP contribution in [-0.2, 0) is 11.8 Å². The quantitative estimate of drug-likeness (QED) is 0.462. The fraction of sp³-hybridized carbons (Fsp3) is 0.174. The monoisotopic (exact) mass is 434 g/mol. The molecule has 0 atom stereocenters. The molecule has 0 aliphatic heterocycles. The molecule has 0 radical (unpaired) electrons. The number of carbonyl (C=O) groups is 1. The van der Waals surface area contributed by atoms with Crippen molar-refractivity contribution in [2.75, 3.05) is 19.0 Å². The third-order valence-electron chi connectivity index (χ3n) is 4.62. The van der Waals surface area contributed by atoms with Crippen molar-refractivity contribution in [1.29, 1.82) is 0 Å². The molecular weight excluding hydrogens is 412 g/mol. The molecule has 0 aliphatic carbocycles. The van der Waals surface area contributed by atoms with E-state index in [9.17, 15) is 4.79 Å². The van der Waals surface area contributed by atoms with E-state index >= 15 is 0 Å². The van der Waals surface area contributed by atoms with Gasteiger partial charge in [-0.15, -0.1) is 0 Å². The molecule has 0 unspecified atom stereocenters. The number of methoxy groups -OCH3 is 1. The van der Waals surface area contributed by atoms with Gasteiger partial charge in [0.1, 0.15) is 0 Å². The summed E-state index contributed by atoms with van der Waals surface area (Å²) in [5.41, 5.74) is 2.78. The number of carbonyl (C=O) groups excluding carboxylic acids is 1. The number of hydrogen-bond donors (Lipinski definition) is 1. The molecule has 7 nitrogen and oxygen atoms in total. The van der Waals surface area contributed by atoms with Crippen LogP contribution in [0.2, 0.25) is 0 Å². The summed E-state index contributed by atoms with van der Waals surface area (Å²) in [5, 5.41) is 3.33. The van der Waals surface area contributed by atoms with Crippen molar-refractivity contribution in [3.8, 4) is 33.5 Å². The van der Waals surface area contributed by atoms with E-state index in [2.05, 4.69) is 15.3 Å². The molecule has 8 heteroatoms. The van der Waals surface area contributed by atoms with Crippen molar-refractivity contribution in [3.63, 3.8) is 0 Å². The zero-order chi connectivity index (χ0) is 21.8. The van der Waals surface area contributed by atoms with Crippen LogP contribution in [0.3, 0.4) is 0 Å². The van der Waals surface area contributed by atoms with Gasteiger partial charge in [-0.1, -0.05) is 47.7 Å². The molecule has 31 heavy (non-hydrogen) atoms. The van der Waals surface area contributed by atoms with E-state index in [0.717, 1.165) is 27.5 Å². The molecule has 2 aromatic heterocycles. The largest absolute Gasteiger partial charge is 0.493 e. The van der Waals surface area contributed by atoms with Gasteiger partial charge in [-0.3, -0.25) is 10.1 Å². The van der Waals surface area contributed by atoms with Crippen molar-refractivity contribution in [1.82, 2.24) is 14.5 Å². The van der Waals surface area contributed by atoms with Crippen LogP contribution in [0.15, 0.2) is 60.9 Å². The summed E-state index contributed by atoms with van der Waals surface area (Å²) in [4.78, 5) is 22.5. The minimum atomic E-state index is -0.303. The highest BCUT2D eigenvalue weighted by molar-refractivity contribution is 7.19. The Balaban J connectivity index is 1.54. The lowest BCUT2D eigenvalue weighted by Crippen LogP contribution is -2.20. The van der Waals surface area contributed by atoms with Crippen molar-refractivity contribution in [2.24, 2.45) is 7.05 Å². The number of amides is 1. The molecule has 4 aromatic rings. The number of ether oxygens (including phenoxy) is 2. The van der Waals surface area contributed by atoms with Crippen LogP contribution in [0.5, 0.6) is 11.5 Å². The Labute approximate surface area is 184 Å². The summed E-state index contributed by atoms with van der Waals surface area (Å²) >= 11 is 1.38. The number of benzene rings is 2. The molecule has 0 bridgehead atoms. The summed E-state index contributed by atoms with van der Waals surface area (Å²) in [7, 11) is 3.50. The maximum atomic E-state index is 12.5. The molecule has 0 aliphatic rings. The van der Waals surface area contributed by atoms with Gasteiger partial charge in [-0.2, -0.15) is 0 Å². The zero-order valence-electron chi connectivity index (χ0n) is 17.5. The Bertz CT molecular complexity index is 1200. The molecule has 0 spiro atoms. The van der Waals surface area contributed by atoms with Crippen LogP contribution < -0.4 is 14.8 Å². The van der Waals surface area contributed by atoms with Crippen molar-refractivity contribution in [2.45, 2.75) is 6.92 Å². The fourth-order valence-electron chi connectivity index (χ4n) is 3.09. The third-order valence-corrected chi connectivity index (χ3v) is 5.59. The summed E-state index contributed by atoms with van der Waals surface area (Å²) in [6.45, 7) is 1.81. The lowest BCUT2D eigenvalue weighted by Gasteiger charge is -2.10. The smallest absolute Gasteiger partial charge is 0.264 e. The van der Waals surface area contributed by atoms with Gasteiger partial charge in [0.2, 0.25) is 0 Å². The number of imidazole rings is 1. The third kappa shape index (κ3) is 4.59. The number of nitrogens with zero attached hydrogens (tertiary/aromatic N) is 3. The molecule has 0 saturated heterocycles. The maximum absolute atomic E-state index is 12.5. The lowest BCUT2D eigenvalue weighted by molar-refractivity contribution is -0.118. The number of nitrogens with one attached hydrogen (secondary N) is 1. The summed E-state index contributed by atoms with van der Waals surface area (Å²) in [6.07, 6.45) is 3.62. The molecule has 4 rings (SSSR count). The minimum Gasteiger partial charge on any atom is -0.493 e. The van der Waals surface area contributed by atoms with Gasteiger partial charge in [0, 0.05) is 25.0 Å². The van der Waals surface area contributed by atoms with Gasteiger partial charge in [0.25, 0.3) is 5.91 Å². The van der Waals surface area contributed by atoms with Gasteiger partial charge < -0.3 is 14.0 Å². The number of thiazole rings is 1. The molecule has 1 amide bonds. The highest BCUT2D eigenvalue weighted by Crippen LogP contribution is 2.38. The van der Waals surface area contributed by atoms with E-state index in [1.807, 2.05) is 67.2 Å². The van der Waals surface area contributed by atoms with E-state index in [0.29, 0.717) is 16.6 Å². The highest BCUT2D eigenvalue weighted by atomic mass is 32.1. The van der Waals surface area contributed by atoms with Crippen LogP contribution in [0, 0.1) is 6.92 Å². The first-order chi connectivity index (χ1) is 15.0. The predicted octanol–water partition coefficient (Wildman–Crippen LogP) is 4.55. The molecule has 0 saturated carbocycles. The average molecular weight is 435 g/mol. The van der Waals surface area contributed by atoms with E-state index < -0.39 is 0 Å². The lowest BCUT2D eigenvalue weighted by atomic mass is 10.1. The van der Waals surface area contributed by atoms with Crippen molar-refractivity contribution < 1.29 is 14.3 Å². The Morgan fingerprint density at radius 3 is 2.68 bits per heavy atom. The standard InChI is InChI=1S/C23H22N4O3S/c1-15-9-10-17(18(13-15)29-3)30-14-19(28)25-23-26-20(16-7-5-4-6-8-16)21(31-23)22-24-11-12-27(22)2/h4-13H,14H2,1-3H3,(H,25,26,28). The Morgan fingerprint density at radius 1 is 1.16 bits per heavy atom. The molecule has 0 fully saturated rings. The van der Waals surface area contributed by atoms with E-state index in [1.54, 1.807) is 19.4 Å². The van der Waals surface area contributed by atoms with Gasteiger partial charge >= 0.3 is 0 Å². The Hall–Kier alpha value is -3.65. The van der Waals surface area contributed by atoms with Crippen LogP contribution in [0.25, 0.3) is 22.0 Å². The highest BCUT2D eigenvalue weighted by Gasteiger charge is 2.19. The summed E-state index contributed by atoms with van der Waals surface area (Å²) in [6, 6.07) is 15.4. The first-order valence-corrected chi connectivity index (χ1v) is 10.5. The second-order valence-electron chi connectivity index (χ2n) is 6.92. The van der Waals surface area contributed by atoms with Crippen molar-refractivity contribution >= 4 is 22.4 Å². The van der Waals surface area contributed by atoms with E-state index in [4.69, 9.17) is 9.47 Å². The second kappa shape index (κ2) is 9.01. The number of aryl methyl sites for hydroxylation is 2. The van der Waals surface area contributed by atoms with Gasteiger partial charge in [-0.25, -0.2) is 9.97 Å². The van der Waals surface area contributed by atoms with Crippen LogP contribution in [-0.4, -0.2) is 34.2 Å². The molecule has 2 aromatic carbocycles. The Morgan fingerprint density at radius 2 is 1.97 bits per heavy atom. The fourth-order valence-corrected chi connectivity index (χ4v) is 4.14. The van der Waals surface area contributed by atoms with E-state index in [-0.39, 0.29) is 12.5 Å². The van der Waals surface area contributed by atoms with Crippen LogP contribution >= 0.6 is 11.3 Å². The zero-order valence-corrected chi connectivity index (χ0v) is 18.3. The second-order valence-corrected chi connectivity index (χ2v) is 7.91. The number of anilines is 1. The SMILES string of the molecule is COc1cc(C)ccc1OCC(=O)Nc1nc(-c2ccccc2)c(-c2nccn2C)s1. The molecule has 158 valence electrons. The first kappa shape index (κ1) is 20.6. The maximum Gasteiger partial charge on any atom is 0.264 e. The number of aromatic nitrogens is 3. The molecule has 2 heterocycles. The number of rotatable bonds is 7. The summed E-state index contributed by atoms with van der Waals surface area (Å²) < 4.78 is 12.9. The van der Waals surface area contributed by atoms with Crippen molar-refractivity contribution in [3.05, 3.63) is 66.5 Å². The van der Waals surface area contributed by atoms with Gasteiger partial charge in [-0.05, 0) is 24.6 Å². The topological polar surface area (TPSA) is 78.3 Å². The normalized spacial score (nSPS) is 10.7. The average Bonchev–Trinajstić information content (AvgIpc) is 3.39.